The van der Waals surface area contributed by atoms with E-state index in [1.807, 2.05) is 0 Å². The monoisotopic (exact) mass is 219 g/mol. The van der Waals surface area contributed by atoms with Crippen molar-refractivity contribution in [3.63, 3.8) is 0 Å². The summed E-state index contributed by atoms with van der Waals surface area (Å²) in [5, 5.41) is 3.42. The number of nitrogens with one attached hydrogen (secondary N) is 1. The van der Waals surface area contributed by atoms with Gasteiger partial charge in [-0.3, -0.25) is 0 Å². The van der Waals surface area contributed by atoms with Gasteiger partial charge in [-0.15, -0.1) is 0 Å². The number of rotatable bonds is 2. The zero-order valence-electron chi connectivity index (χ0n) is 10.3. The quantitative estimate of drug-likeness (QED) is 0.825. The molecule has 0 spiro atoms. The third kappa shape index (κ3) is 2.99. The van der Waals surface area contributed by atoms with Crippen molar-refractivity contribution in [1.82, 2.24) is 5.32 Å². The molecule has 1 N–H and O–H groups in total. The molecule has 1 atom stereocenters. The molecule has 0 bridgehead atoms. The molecular formula is C14H21NO. The maximum Gasteiger partial charge on any atom is 0.120 e. The number of benzene rings is 1. The molecule has 0 saturated carbocycles. The number of hydrogen-bond donors (Lipinski definition) is 1. The standard InChI is InChI=1S/C14H21NO/c1-12-5-3-6-13(11-12)16-14(2)7-4-9-15-10-8-14/h3,5-6,11,15H,4,7-10H2,1-2H3. The summed E-state index contributed by atoms with van der Waals surface area (Å²) in [5.74, 6) is 1.00. The molecule has 0 aliphatic carbocycles. The molecule has 1 heterocycles. The van der Waals surface area contributed by atoms with Gasteiger partial charge in [0.25, 0.3) is 0 Å². The molecule has 2 heteroatoms. The van der Waals surface area contributed by atoms with Crippen LogP contribution in [0.3, 0.4) is 0 Å². The van der Waals surface area contributed by atoms with Crippen molar-refractivity contribution in [3.05, 3.63) is 29.8 Å². The second kappa shape index (κ2) is 4.88. The predicted octanol–water partition coefficient (Wildman–Crippen LogP) is 2.91. The van der Waals surface area contributed by atoms with E-state index in [9.17, 15) is 0 Å². The van der Waals surface area contributed by atoms with Gasteiger partial charge < -0.3 is 10.1 Å². The molecule has 0 amide bonds. The molecule has 1 aliphatic heterocycles. The Kier molecular flexibility index (Phi) is 3.49. The summed E-state index contributed by atoms with van der Waals surface area (Å²) in [7, 11) is 0. The second-order valence-electron chi connectivity index (χ2n) is 4.97. The zero-order valence-corrected chi connectivity index (χ0v) is 10.3. The number of ether oxygens (including phenoxy) is 1. The Labute approximate surface area is 98.0 Å². The average Bonchev–Trinajstić information content (AvgIpc) is 2.43. The SMILES string of the molecule is Cc1cccc(OC2(C)CCCNCC2)c1. The van der Waals surface area contributed by atoms with Crippen molar-refractivity contribution < 1.29 is 4.74 Å². The molecule has 2 rings (SSSR count). The highest BCUT2D eigenvalue weighted by molar-refractivity contribution is 5.28. The summed E-state index contributed by atoms with van der Waals surface area (Å²) in [6, 6.07) is 8.33. The highest BCUT2D eigenvalue weighted by Gasteiger charge is 2.27. The fourth-order valence-electron chi connectivity index (χ4n) is 2.26. The Morgan fingerprint density at radius 3 is 2.94 bits per heavy atom. The van der Waals surface area contributed by atoms with Gasteiger partial charge in [-0.05, 0) is 63.9 Å². The van der Waals surface area contributed by atoms with Gasteiger partial charge >= 0.3 is 0 Å². The van der Waals surface area contributed by atoms with Gasteiger partial charge in [-0.25, -0.2) is 0 Å². The first-order chi connectivity index (χ1) is 7.68. The van der Waals surface area contributed by atoms with Crippen LogP contribution in [-0.4, -0.2) is 18.7 Å². The van der Waals surface area contributed by atoms with Crippen molar-refractivity contribution in [2.75, 3.05) is 13.1 Å². The van der Waals surface area contributed by atoms with E-state index in [4.69, 9.17) is 4.74 Å². The van der Waals surface area contributed by atoms with E-state index in [0.29, 0.717) is 0 Å². The molecule has 1 saturated heterocycles. The lowest BCUT2D eigenvalue weighted by atomic mass is 9.97. The molecule has 1 aromatic carbocycles. The molecular weight excluding hydrogens is 198 g/mol. The third-order valence-electron chi connectivity index (χ3n) is 3.24. The molecule has 2 nitrogen and oxygen atoms in total. The van der Waals surface area contributed by atoms with Crippen LogP contribution >= 0.6 is 0 Å². The fraction of sp³-hybridized carbons (Fsp3) is 0.571. The van der Waals surface area contributed by atoms with E-state index in [2.05, 4.69) is 43.4 Å². The van der Waals surface area contributed by atoms with Crippen LogP contribution in [0.4, 0.5) is 0 Å². The van der Waals surface area contributed by atoms with Gasteiger partial charge in [0.05, 0.1) is 0 Å². The van der Waals surface area contributed by atoms with Crippen LogP contribution in [0.25, 0.3) is 0 Å². The van der Waals surface area contributed by atoms with Crippen LogP contribution < -0.4 is 10.1 Å². The normalized spacial score (nSPS) is 26.1. The van der Waals surface area contributed by atoms with Crippen molar-refractivity contribution in [2.24, 2.45) is 0 Å². The van der Waals surface area contributed by atoms with Gasteiger partial charge in [-0.1, -0.05) is 12.1 Å². The van der Waals surface area contributed by atoms with Gasteiger partial charge in [0.15, 0.2) is 0 Å². The third-order valence-corrected chi connectivity index (χ3v) is 3.24. The summed E-state index contributed by atoms with van der Waals surface area (Å²) in [5.41, 5.74) is 1.25. The second-order valence-corrected chi connectivity index (χ2v) is 4.97. The topological polar surface area (TPSA) is 21.3 Å². The smallest absolute Gasteiger partial charge is 0.120 e. The first-order valence-electron chi connectivity index (χ1n) is 6.14. The maximum atomic E-state index is 6.16. The highest BCUT2D eigenvalue weighted by atomic mass is 16.5. The van der Waals surface area contributed by atoms with E-state index >= 15 is 0 Å². The molecule has 1 aromatic rings. The first kappa shape index (κ1) is 11.5. The Morgan fingerprint density at radius 2 is 2.12 bits per heavy atom. The van der Waals surface area contributed by atoms with Crippen molar-refractivity contribution in [1.29, 1.82) is 0 Å². The van der Waals surface area contributed by atoms with Gasteiger partial charge in [0, 0.05) is 0 Å². The van der Waals surface area contributed by atoms with Crippen LogP contribution in [0.15, 0.2) is 24.3 Å². The Bertz CT molecular complexity index is 340. The minimum Gasteiger partial charge on any atom is -0.488 e. The van der Waals surface area contributed by atoms with Gasteiger partial charge in [0.1, 0.15) is 11.4 Å². The lowest BCUT2D eigenvalue weighted by molar-refractivity contribution is 0.0756. The summed E-state index contributed by atoms with van der Waals surface area (Å²) in [6.45, 7) is 6.50. The van der Waals surface area contributed by atoms with Gasteiger partial charge in [-0.2, -0.15) is 0 Å². The van der Waals surface area contributed by atoms with E-state index < -0.39 is 0 Å². The first-order valence-corrected chi connectivity index (χ1v) is 6.14. The minimum absolute atomic E-state index is 0.00269. The Morgan fingerprint density at radius 1 is 1.25 bits per heavy atom. The molecule has 0 radical (unpaired) electrons. The van der Waals surface area contributed by atoms with Crippen molar-refractivity contribution in [2.45, 2.75) is 38.7 Å². The van der Waals surface area contributed by atoms with E-state index in [1.54, 1.807) is 0 Å². The van der Waals surface area contributed by atoms with Crippen LogP contribution in [0.2, 0.25) is 0 Å². The average molecular weight is 219 g/mol. The summed E-state index contributed by atoms with van der Waals surface area (Å²) >= 11 is 0. The van der Waals surface area contributed by atoms with E-state index in [1.165, 1.54) is 12.0 Å². The van der Waals surface area contributed by atoms with Crippen LogP contribution in [0.1, 0.15) is 31.7 Å². The number of hydrogen-bond acceptors (Lipinski definition) is 2. The predicted molar refractivity (Wildman–Crippen MR) is 66.9 cm³/mol. The fourth-order valence-corrected chi connectivity index (χ4v) is 2.26. The lowest BCUT2D eigenvalue weighted by Gasteiger charge is -2.29. The Balaban J connectivity index is 2.06. The Hall–Kier alpha value is -1.02. The molecule has 1 fully saturated rings. The molecule has 1 aliphatic rings. The number of aryl methyl sites for hydroxylation is 1. The zero-order chi connectivity index (χ0) is 11.4. The molecule has 16 heavy (non-hydrogen) atoms. The van der Waals surface area contributed by atoms with Gasteiger partial charge in [0.2, 0.25) is 0 Å². The van der Waals surface area contributed by atoms with Crippen LogP contribution in [-0.2, 0) is 0 Å². The summed E-state index contributed by atoms with van der Waals surface area (Å²) in [6.07, 6.45) is 3.41. The van der Waals surface area contributed by atoms with E-state index in [0.717, 1.165) is 31.7 Å². The lowest BCUT2D eigenvalue weighted by Crippen LogP contribution is -2.33. The largest absolute Gasteiger partial charge is 0.488 e. The molecule has 1 unspecified atom stereocenters. The maximum absolute atomic E-state index is 6.16. The molecule has 88 valence electrons. The van der Waals surface area contributed by atoms with E-state index in [-0.39, 0.29) is 5.60 Å². The van der Waals surface area contributed by atoms with Crippen LogP contribution in [0.5, 0.6) is 5.75 Å². The van der Waals surface area contributed by atoms with Crippen molar-refractivity contribution >= 4 is 0 Å². The highest BCUT2D eigenvalue weighted by Crippen LogP contribution is 2.27. The van der Waals surface area contributed by atoms with Crippen molar-refractivity contribution in [3.8, 4) is 5.75 Å². The van der Waals surface area contributed by atoms with Crippen LogP contribution in [0, 0.1) is 6.92 Å². The summed E-state index contributed by atoms with van der Waals surface area (Å²) in [4.78, 5) is 0. The molecule has 0 aromatic heterocycles. The summed E-state index contributed by atoms with van der Waals surface area (Å²) < 4.78 is 6.16. The minimum atomic E-state index is -0.00269.